The number of aliphatic hydroxyl groups is 3. The summed E-state index contributed by atoms with van der Waals surface area (Å²) in [7, 11) is 0. The molecule has 0 atom stereocenters. The number of rotatable bonds is 3. The average Bonchev–Trinajstić information content (AvgIpc) is 3.00. The van der Waals surface area contributed by atoms with Gasteiger partial charge in [-0.25, -0.2) is 0 Å². The first kappa shape index (κ1) is 12.5. The number of hydrogen-bond acceptors (Lipinski definition) is 5. The Morgan fingerprint density at radius 1 is 0.875 bits per heavy atom. The van der Waals surface area contributed by atoms with E-state index in [-0.39, 0.29) is 19.8 Å². The Morgan fingerprint density at radius 2 is 1.69 bits per heavy atom. The van der Waals surface area contributed by atoms with Gasteiger partial charge in [-0.15, -0.1) is 0 Å². The van der Waals surface area contributed by atoms with Gasteiger partial charge in [0, 0.05) is 5.56 Å². The Kier molecular flexibility index (Phi) is 5.35. The van der Waals surface area contributed by atoms with E-state index in [4.69, 9.17) is 24.2 Å². The fraction of sp³-hybridized carbons (Fsp3) is 0.273. The van der Waals surface area contributed by atoms with Gasteiger partial charge in [0.1, 0.15) is 24.7 Å². The van der Waals surface area contributed by atoms with Crippen LogP contribution in [0.5, 0.6) is 0 Å². The van der Waals surface area contributed by atoms with Crippen molar-refractivity contribution in [3.8, 4) is 0 Å². The maximum Gasteiger partial charge on any atom is 0.134 e. The van der Waals surface area contributed by atoms with E-state index in [9.17, 15) is 0 Å². The predicted molar refractivity (Wildman–Crippen MR) is 55.2 cm³/mol. The van der Waals surface area contributed by atoms with Gasteiger partial charge in [0.05, 0.1) is 19.1 Å². The highest BCUT2D eigenvalue weighted by atomic mass is 16.4. The number of furan rings is 2. The third-order valence-corrected chi connectivity index (χ3v) is 1.89. The van der Waals surface area contributed by atoms with Crippen molar-refractivity contribution in [2.75, 3.05) is 0 Å². The van der Waals surface area contributed by atoms with E-state index in [1.807, 2.05) is 0 Å². The Morgan fingerprint density at radius 3 is 2.06 bits per heavy atom. The summed E-state index contributed by atoms with van der Waals surface area (Å²) in [6.45, 7) is -0.234. The van der Waals surface area contributed by atoms with Crippen LogP contribution >= 0.6 is 0 Å². The van der Waals surface area contributed by atoms with Crippen molar-refractivity contribution in [2.45, 2.75) is 19.8 Å². The largest absolute Gasteiger partial charge is 0.467 e. The maximum atomic E-state index is 8.57. The molecule has 0 aliphatic heterocycles. The van der Waals surface area contributed by atoms with Crippen LogP contribution in [0.25, 0.3) is 0 Å². The van der Waals surface area contributed by atoms with Crippen LogP contribution in [0.15, 0.2) is 39.6 Å². The molecule has 0 saturated heterocycles. The zero-order chi connectivity index (χ0) is 11.8. The molecule has 0 amide bonds. The van der Waals surface area contributed by atoms with Gasteiger partial charge in [-0.1, -0.05) is 0 Å². The van der Waals surface area contributed by atoms with E-state index in [1.165, 1.54) is 12.5 Å². The normalized spacial score (nSPS) is 9.69. The molecule has 0 aliphatic carbocycles. The Hall–Kier alpha value is -1.56. The van der Waals surface area contributed by atoms with Crippen molar-refractivity contribution in [3.05, 3.63) is 47.8 Å². The van der Waals surface area contributed by atoms with Crippen LogP contribution in [0, 0.1) is 0 Å². The minimum Gasteiger partial charge on any atom is -0.467 e. The molecule has 0 bridgehead atoms. The van der Waals surface area contributed by atoms with Crippen LogP contribution in [0.2, 0.25) is 0 Å². The van der Waals surface area contributed by atoms with E-state index < -0.39 is 0 Å². The first-order valence-corrected chi connectivity index (χ1v) is 4.72. The van der Waals surface area contributed by atoms with Crippen LogP contribution in [0.1, 0.15) is 17.1 Å². The average molecular weight is 226 g/mol. The van der Waals surface area contributed by atoms with E-state index in [1.54, 1.807) is 18.2 Å². The summed E-state index contributed by atoms with van der Waals surface area (Å²) in [5.74, 6) is 1.05. The quantitative estimate of drug-likeness (QED) is 0.727. The fourth-order valence-electron chi connectivity index (χ4n) is 1.05. The second-order valence-corrected chi connectivity index (χ2v) is 2.92. The summed E-state index contributed by atoms with van der Waals surface area (Å²) in [6, 6.07) is 5.09. The predicted octanol–water partition coefficient (Wildman–Crippen LogP) is 1.04. The SMILES string of the molecule is OCc1ccco1.OCc1ccoc1CO. The van der Waals surface area contributed by atoms with Crippen LogP contribution < -0.4 is 0 Å². The van der Waals surface area contributed by atoms with Gasteiger partial charge < -0.3 is 24.2 Å². The summed E-state index contributed by atoms with van der Waals surface area (Å²) in [6.07, 6.45) is 2.97. The Bertz CT molecular complexity index is 358. The molecule has 2 heterocycles. The molecule has 2 aromatic heterocycles. The molecule has 88 valence electrons. The number of hydrogen-bond donors (Lipinski definition) is 3. The van der Waals surface area contributed by atoms with E-state index in [2.05, 4.69) is 0 Å². The van der Waals surface area contributed by atoms with Crippen molar-refractivity contribution in [3.63, 3.8) is 0 Å². The molecule has 0 unspecified atom stereocenters. The van der Waals surface area contributed by atoms with Crippen LogP contribution in [-0.2, 0) is 19.8 Å². The molecule has 2 rings (SSSR count). The van der Waals surface area contributed by atoms with E-state index >= 15 is 0 Å². The highest BCUT2D eigenvalue weighted by Crippen LogP contribution is 2.08. The molecule has 3 N–H and O–H groups in total. The summed E-state index contributed by atoms with van der Waals surface area (Å²) >= 11 is 0. The standard InChI is InChI=1S/C6H8O3.C5H6O2/c7-3-5-1-2-9-6(5)4-8;6-4-5-2-1-3-7-5/h1-2,7-8H,3-4H2;1-3,6H,4H2. The minimum absolute atomic E-state index is 0.00694. The number of aliphatic hydroxyl groups excluding tert-OH is 3. The van der Waals surface area contributed by atoms with Crippen LogP contribution in [0.4, 0.5) is 0 Å². The Balaban J connectivity index is 0.000000165. The molecule has 0 spiro atoms. The summed E-state index contributed by atoms with van der Waals surface area (Å²) in [4.78, 5) is 0. The van der Waals surface area contributed by atoms with Gasteiger partial charge in [0.15, 0.2) is 0 Å². The second-order valence-electron chi connectivity index (χ2n) is 2.92. The van der Waals surface area contributed by atoms with Gasteiger partial charge in [0.25, 0.3) is 0 Å². The topological polar surface area (TPSA) is 87.0 Å². The highest BCUT2D eigenvalue weighted by Gasteiger charge is 2.01. The molecule has 2 aromatic rings. The lowest BCUT2D eigenvalue weighted by atomic mass is 10.3. The zero-order valence-corrected chi connectivity index (χ0v) is 8.67. The monoisotopic (exact) mass is 226 g/mol. The molecule has 0 aromatic carbocycles. The smallest absolute Gasteiger partial charge is 0.134 e. The first-order valence-electron chi connectivity index (χ1n) is 4.72. The zero-order valence-electron chi connectivity index (χ0n) is 8.67. The molecule has 0 radical (unpaired) electrons. The van der Waals surface area contributed by atoms with Crippen LogP contribution in [0.3, 0.4) is 0 Å². The van der Waals surface area contributed by atoms with Gasteiger partial charge in [-0.2, -0.15) is 0 Å². The summed E-state index contributed by atoms with van der Waals surface area (Å²) < 4.78 is 9.53. The van der Waals surface area contributed by atoms with Crippen molar-refractivity contribution in [1.29, 1.82) is 0 Å². The summed E-state index contributed by atoms with van der Waals surface area (Å²) in [5, 5.41) is 25.4. The lowest BCUT2D eigenvalue weighted by molar-refractivity contribution is 0.233. The van der Waals surface area contributed by atoms with Crippen LogP contribution in [-0.4, -0.2) is 15.3 Å². The van der Waals surface area contributed by atoms with Crippen molar-refractivity contribution in [1.82, 2.24) is 0 Å². The highest BCUT2D eigenvalue weighted by molar-refractivity contribution is 5.14. The molecule has 0 fully saturated rings. The van der Waals surface area contributed by atoms with Gasteiger partial charge in [-0.3, -0.25) is 0 Å². The maximum absolute atomic E-state index is 8.57. The lowest BCUT2D eigenvalue weighted by Gasteiger charge is -1.90. The third-order valence-electron chi connectivity index (χ3n) is 1.89. The van der Waals surface area contributed by atoms with E-state index in [0.29, 0.717) is 17.1 Å². The Labute approximate surface area is 92.6 Å². The minimum atomic E-state index is -0.150. The van der Waals surface area contributed by atoms with E-state index in [0.717, 1.165) is 0 Å². The molecule has 0 saturated carbocycles. The van der Waals surface area contributed by atoms with Gasteiger partial charge in [0.2, 0.25) is 0 Å². The molecule has 16 heavy (non-hydrogen) atoms. The summed E-state index contributed by atoms with van der Waals surface area (Å²) in [5.41, 5.74) is 0.650. The second kappa shape index (κ2) is 6.84. The van der Waals surface area contributed by atoms with Gasteiger partial charge in [-0.05, 0) is 18.2 Å². The molecular weight excluding hydrogens is 212 g/mol. The molecule has 5 heteroatoms. The van der Waals surface area contributed by atoms with Crippen molar-refractivity contribution < 1.29 is 24.2 Å². The third kappa shape index (κ3) is 3.54. The lowest BCUT2D eigenvalue weighted by Crippen LogP contribution is -1.86. The first-order chi connectivity index (χ1) is 7.81. The van der Waals surface area contributed by atoms with Gasteiger partial charge >= 0.3 is 0 Å². The fourth-order valence-corrected chi connectivity index (χ4v) is 1.05. The molecular formula is C11H14O5. The molecule has 5 nitrogen and oxygen atoms in total. The van der Waals surface area contributed by atoms with Crippen molar-refractivity contribution in [2.24, 2.45) is 0 Å². The van der Waals surface area contributed by atoms with Crippen molar-refractivity contribution >= 4 is 0 Å². The molecule has 0 aliphatic rings.